The smallest absolute Gasteiger partial charge is 0.123 e. The molecule has 1 aromatic rings. The molecule has 0 aromatic heterocycles. The van der Waals surface area contributed by atoms with Gasteiger partial charge in [0.05, 0.1) is 12.1 Å². The van der Waals surface area contributed by atoms with Crippen molar-refractivity contribution in [2.45, 2.75) is 46.8 Å². The highest BCUT2D eigenvalue weighted by atomic mass is 19.1. The van der Waals surface area contributed by atoms with E-state index in [0.29, 0.717) is 12.5 Å². The van der Waals surface area contributed by atoms with Crippen LogP contribution in [0.25, 0.3) is 0 Å². The molecule has 0 spiro atoms. The molecule has 0 saturated heterocycles. The molecule has 1 aromatic carbocycles. The minimum Gasteiger partial charge on any atom is -0.376 e. The number of likely N-dealkylation sites (N-methyl/N-ethyl adjacent to an activating group) is 1. The summed E-state index contributed by atoms with van der Waals surface area (Å²) in [7, 11) is 0. The minimum atomic E-state index is -0.186. The molecular weight excluding hydrogens is 241 g/mol. The average molecular weight is 267 g/mol. The Labute approximate surface area is 116 Å². The molecule has 0 aliphatic heterocycles. The van der Waals surface area contributed by atoms with Crippen molar-refractivity contribution in [2.75, 3.05) is 13.2 Å². The minimum absolute atomic E-state index is 0.0918. The third-order valence-electron chi connectivity index (χ3n) is 3.34. The van der Waals surface area contributed by atoms with Crippen LogP contribution in [0, 0.1) is 18.7 Å². The van der Waals surface area contributed by atoms with Crippen molar-refractivity contribution in [1.82, 2.24) is 5.32 Å². The fraction of sp³-hybridized carbons (Fsp3) is 0.625. The number of halogens is 1. The summed E-state index contributed by atoms with van der Waals surface area (Å²) in [6, 6.07) is 5.08. The first-order valence-corrected chi connectivity index (χ1v) is 7.12. The number of benzene rings is 1. The summed E-state index contributed by atoms with van der Waals surface area (Å²) in [6.45, 7) is 11.9. The SMILES string of the molecule is CCNC(c1ccc(F)cc1C)C(OCC)C(C)C. The fourth-order valence-corrected chi connectivity index (χ4v) is 2.48. The summed E-state index contributed by atoms with van der Waals surface area (Å²) < 4.78 is 19.2. The Balaban J connectivity index is 3.09. The lowest BCUT2D eigenvalue weighted by molar-refractivity contribution is 0.00301. The zero-order valence-corrected chi connectivity index (χ0v) is 12.7. The molecule has 0 aliphatic carbocycles. The second-order valence-corrected chi connectivity index (χ2v) is 5.20. The molecule has 0 saturated carbocycles. The van der Waals surface area contributed by atoms with Crippen LogP contribution in [0.3, 0.4) is 0 Å². The van der Waals surface area contributed by atoms with Gasteiger partial charge in [-0.1, -0.05) is 26.8 Å². The van der Waals surface area contributed by atoms with E-state index in [4.69, 9.17) is 4.74 Å². The summed E-state index contributed by atoms with van der Waals surface area (Å²) >= 11 is 0. The van der Waals surface area contributed by atoms with E-state index in [2.05, 4.69) is 26.1 Å². The Morgan fingerprint density at radius 2 is 1.95 bits per heavy atom. The number of hydrogen-bond donors (Lipinski definition) is 1. The van der Waals surface area contributed by atoms with E-state index in [9.17, 15) is 4.39 Å². The monoisotopic (exact) mass is 267 g/mol. The highest BCUT2D eigenvalue weighted by Crippen LogP contribution is 2.27. The summed E-state index contributed by atoms with van der Waals surface area (Å²) in [5.74, 6) is 0.211. The molecule has 0 radical (unpaired) electrons. The van der Waals surface area contributed by atoms with E-state index < -0.39 is 0 Å². The molecule has 2 unspecified atom stereocenters. The summed E-state index contributed by atoms with van der Waals surface area (Å²) in [5, 5.41) is 3.48. The van der Waals surface area contributed by atoms with Crippen LogP contribution < -0.4 is 5.32 Å². The number of nitrogens with one attached hydrogen (secondary N) is 1. The summed E-state index contributed by atoms with van der Waals surface area (Å²) in [6.07, 6.45) is 0.0918. The van der Waals surface area contributed by atoms with Crippen molar-refractivity contribution in [2.24, 2.45) is 5.92 Å². The maximum Gasteiger partial charge on any atom is 0.123 e. The van der Waals surface area contributed by atoms with Crippen LogP contribution in [-0.4, -0.2) is 19.3 Å². The third kappa shape index (κ3) is 4.29. The van der Waals surface area contributed by atoms with Crippen molar-refractivity contribution in [1.29, 1.82) is 0 Å². The quantitative estimate of drug-likeness (QED) is 0.810. The molecule has 0 heterocycles. The van der Waals surface area contributed by atoms with Crippen LogP contribution in [0.5, 0.6) is 0 Å². The number of ether oxygens (including phenoxy) is 1. The zero-order valence-electron chi connectivity index (χ0n) is 12.7. The molecule has 0 aliphatic rings. The predicted molar refractivity (Wildman–Crippen MR) is 77.8 cm³/mol. The van der Waals surface area contributed by atoms with Gasteiger partial charge in [0.25, 0.3) is 0 Å². The van der Waals surface area contributed by atoms with E-state index in [0.717, 1.165) is 17.7 Å². The molecule has 0 amide bonds. The lowest BCUT2D eigenvalue weighted by Gasteiger charge is -2.32. The van der Waals surface area contributed by atoms with Gasteiger partial charge in [0.15, 0.2) is 0 Å². The Bertz CT molecular complexity index is 392. The lowest BCUT2D eigenvalue weighted by atomic mass is 9.90. The van der Waals surface area contributed by atoms with Crippen molar-refractivity contribution >= 4 is 0 Å². The first-order chi connectivity index (χ1) is 9.01. The van der Waals surface area contributed by atoms with Gasteiger partial charge < -0.3 is 10.1 Å². The van der Waals surface area contributed by atoms with E-state index in [1.54, 1.807) is 6.07 Å². The third-order valence-corrected chi connectivity index (χ3v) is 3.34. The number of rotatable bonds is 7. The van der Waals surface area contributed by atoms with Crippen molar-refractivity contribution < 1.29 is 9.13 Å². The highest BCUT2D eigenvalue weighted by Gasteiger charge is 2.27. The van der Waals surface area contributed by atoms with Gasteiger partial charge in [-0.25, -0.2) is 4.39 Å². The van der Waals surface area contributed by atoms with Crippen LogP contribution in [0.15, 0.2) is 18.2 Å². The summed E-state index contributed by atoms with van der Waals surface area (Å²) in [4.78, 5) is 0. The van der Waals surface area contributed by atoms with Gasteiger partial charge >= 0.3 is 0 Å². The maximum atomic E-state index is 13.3. The molecule has 3 heteroatoms. The predicted octanol–water partition coefficient (Wildman–Crippen LogP) is 3.85. The van der Waals surface area contributed by atoms with Crippen LogP contribution >= 0.6 is 0 Å². The molecule has 19 heavy (non-hydrogen) atoms. The molecule has 2 atom stereocenters. The Morgan fingerprint density at radius 3 is 2.42 bits per heavy atom. The van der Waals surface area contributed by atoms with Gasteiger partial charge in [0.1, 0.15) is 5.82 Å². The van der Waals surface area contributed by atoms with E-state index in [-0.39, 0.29) is 18.0 Å². The Hall–Kier alpha value is -0.930. The van der Waals surface area contributed by atoms with Gasteiger partial charge in [-0.05, 0) is 49.6 Å². The van der Waals surface area contributed by atoms with Gasteiger partial charge in [-0.3, -0.25) is 0 Å². The van der Waals surface area contributed by atoms with Gasteiger partial charge in [-0.2, -0.15) is 0 Å². The van der Waals surface area contributed by atoms with Crippen LogP contribution in [0.1, 0.15) is 44.9 Å². The van der Waals surface area contributed by atoms with Gasteiger partial charge in [0, 0.05) is 6.61 Å². The molecule has 108 valence electrons. The second-order valence-electron chi connectivity index (χ2n) is 5.20. The second kappa shape index (κ2) is 7.61. The standard InChI is InChI=1S/C16H26FNO/c1-6-18-15(16(11(3)4)19-7-2)14-9-8-13(17)10-12(14)5/h8-11,15-16,18H,6-7H2,1-5H3. The molecule has 2 nitrogen and oxygen atoms in total. The normalized spacial score (nSPS) is 14.7. The van der Waals surface area contributed by atoms with Gasteiger partial charge in [0.2, 0.25) is 0 Å². The van der Waals surface area contributed by atoms with E-state index in [1.165, 1.54) is 6.07 Å². The number of aryl methyl sites for hydroxylation is 1. The zero-order chi connectivity index (χ0) is 14.4. The topological polar surface area (TPSA) is 21.3 Å². The van der Waals surface area contributed by atoms with Crippen LogP contribution in [0.2, 0.25) is 0 Å². The molecule has 0 bridgehead atoms. The largest absolute Gasteiger partial charge is 0.376 e. The first-order valence-electron chi connectivity index (χ1n) is 7.12. The highest BCUT2D eigenvalue weighted by molar-refractivity contribution is 5.30. The van der Waals surface area contributed by atoms with Crippen LogP contribution in [-0.2, 0) is 4.74 Å². The number of hydrogen-bond acceptors (Lipinski definition) is 2. The maximum absolute atomic E-state index is 13.3. The molecule has 0 fully saturated rings. The van der Waals surface area contributed by atoms with Crippen molar-refractivity contribution in [3.63, 3.8) is 0 Å². The Kier molecular flexibility index (Phi) is 6.46. The fourth-order valence-electron chi connectivity index (χ4n) is 2.48. The first kappa shape index (κ1) is 16.1. The van der Waals surface area contributed by atoms with Crippen LogP contribution in [0.4, 0.5) is 4.39 Å². The van der Waals surface area contributed by atoms with Crippen molar-refractivity contribution in [3.8, 4) is 0 Å². The molecule has 1 N–H and O–H groups in total. The summed E-state index contributed by atoms with van der Waals surface area (Å²) in [5.41, 5.74) is 2.09. The van der Waals surface area contributed by atoms with E-state index >= 15 is 0 Å². The lowest BCUT2D eigenvalue weighted by Crippen LogP contribution is -2.37. The molecular formula is C16H26FNO. The Morgan fingerprint density at radius 1 is 1.26 bits per heavy atom. The molecule has 1 rings (SSSR count). The van der Waals surface area contributed by atoms with Gasteiger partial charge in [-0.15, -0.1) is 0 Å². The average Bonchev–Trinajstić information content (AvgIpc) is 2.34. The van der Waals surface area contributed by atoms with Crippen molar-refractivity contribution in [3.05, 3.63) is 35.1 Å². The van der Waals surface area contributed by atoms with E-state index in [1.807, 2.05) is 19.9 Å².